The van der Waals surface area contributed by atoms with E-state index in [1.54, 1.807) is 0 Å². The standard InChI is InChI=1S/C17H11ClN2O4/c18-11-6-7-13(12(8-11)17(22)23)19-16(21)14-9-15(24-20-14)10-4-2-1-3-5-10/h1-9H,(H,19,21)(H,22,23). The molecule has 24 heavy (non-hydrogen) atoms. The van der Waals surface area contributed by atoms with Gasteiger partial charge in [0, 0.05) is 16.7 Å². The Hall–Kier alpha value is -3.12. The Morgan fingerprint density at radius 1 is 1.08 bits per heavy atom. The van der Waals surface area contributed by atoms with Crippen molar-refractivity contribution in [3.63, 3.8) is 0 Å². The van der Waals surface area contributed by atoms with E-state index in [2.05, 4.69) is 10.5 Å². The summed E-state index contributed by atoms with van der Waals surface area (Å²) >= 11 is 5.78. The fraction of sp³-hybridized carbons (Fsp3) is 0. The number of aromatic nitrogens is 1. The maximum atomic E-state index is 12.3. The van der Waals surface area contributed by atoms with E-state index in [4.69, 9.17) is 16.1 Å². The summed E-state index contributed by atoms with van der Waals surface area (Å²) in [5.41, 5.74) is 0.839. The van der Waals surface area contributed by atoms with Crippen molar-refractivity contribution in [2.24, 2.45) is 0 Å². The van der Waals surface area contributed by atoms with Gasteiger partial charge < -0.3 is 14.9 Å². The number of carboxylic acid groups (broad SMARTS) is 1. The molecule has 0 aliphatic heterocycles. The maximum absolute atomic E-state index is 12.3. The molecule has 1 amide bonds. The lowest BCUT2D eigenvalue weighted by Crippen LogP contribution is -2.15. The lowest BCUT2D eigenvalue weighted by molar-refractivity contribution is 0.0698. The number of nitrogens with zero attached hydrogens (tertiary/aromatic N) is 1. The van der Waals surface area contributed by atoms with Crippen molar-refractivity contribution in [1.29, 1.82) is 0 Å². The number of amides is 1. The van der Waals surface area contributed by atoms with Crippen molar-refractivity contribution in [1.82, 2.24) is 5.16 Å². The van der Waals surface area contributed by atoms with Gasteiger partial charge in [-0.25, -0.2) is 4.79 Å². The van der Waals surface area contributed by atoms with Crippen LogP contribution < -0.4 is 5.32 Å². The summed E-state index contributed by atoms with van der Waals surface area (Å²) in [5, 5.41) is 15.7. The smallest absolute Gasteiger partial charge is 0.337 e. The van der Waals surface area contributed by atoms with E-state index in [0.717, 1.165) is 5.56 Å². The van der Waals surface area contributed by atoms with E-state index in [0.29, 0.717) is 5.76 Å². The van der Waals surface area contributed by atoms with Crippen molar-refractivity contribution in [2.75, 3.05) is 5.32 Å². The number of anilines is 1. The minimum absolute atomic E-state index is 0.0418. The third-order valence-electron chi connectivity index (χ3n) is 3.26. The molecule has 1 heterocycles. The number of hydrogen-bond acceptors (Lipinski definition) is 4. The molecule has 0 fully saturated rings. The number of carboxylic acids is 1. The second-order valence-corrected chi connectivity index (χ2v) is 5.33. The number of carbonyl (C=O) groups is 2. The van der Waals surface area contributed by atoms with E-state index in [-0.39, 0.29) is 22.0 Å². The van der Waals surface area contributed by atoms with E-state index in [1.165, 1.54) is 24.3 Å². The van der Waals surface area contributed by atoms with Gasteiger partial charge in [0.05, 0.1) is 11.3 Å². The number of aromatic carboxylic acids is 1. The van der Waals surface area contributed by atoms with E-state index in [1.807, 2.05) is 30.3 Å². The number of rotatable bonds is 4. The first-order valence-corrected chi connectivity index (χ1v) is 7.29. The van der Waals surface area contributed by atoms with Crippen LogP contribution in [0.5, 0.6) is 0 Å². The number of hydrogen-bond donors (Lipinski definition) is 2. The summed E-state index contributed by atoms with van der Waals surface area (Å²) in [5.74, 6) is -1.33. The molecule has 7 heteroatoms. The minimum Gasteiger partial charge on any atom is -0.478 e. The van der Waals surface area contributed by atoms with Crippen LogP contribution in [-0.4, -0.2) is 22.1 Å². The first-order valence-electron chi connectivity index (χ1n) is 6.91. The van der Waals surface area contributed by atoms with Crippen LogP contribution >= 0.6 is 11.6 Å². The molecule has 3 aromatic rings. The molecule has 0 aliphatic rings. The maximum Gasteiger partial charge on any atom is 0.337 e. The number of nitrogens with one attached hydrogen (secondary N) is 1. The molecule has 0 saturated carbocycles. The van der Waals surface area contributed by atoms with Crippen LogP contribution in [-0.2, 0) is 0 Å². The van der Waals surface area contributed by atoms with Gasteiger partial charge in [-0.3, -0.25) is 4.79 Å². The fourth-order valence-corrected chi connectivity index (χ4v) is 2.28. The van der Waals surface area contributed by atoms with E-state index < -0.39 is 11.9 Å². The molecule has 2 N–H and O–H groups in total. The molecule has 0 bridgehead atoms. The lowest BCUT2D eigenvalue weighted by atomic mass is 10.1. The molecule has 0 spiro atoms. The summed E-state index contributed by atoms with van der Waals surface area (Å²) in [4.78, 5) is 23.5. The monoisotopic (exact) mass is 342 g/mol. The Kier molecular flexibility index (Phi) is 4.31. The van der Waals surface area contributed by atoms with Crippen molar-refractivity contribution in [2.45, 2.75) is 0 Å². The zero-order chi connectivity index (χ0) is 17.1. The zero-order valence-corrected chi connectivity index (χ0v) is 12.9. The Balaban J connectivity index is 1.84. The van der Waals surface area contributed by atoms with Gasteiger partial charge in [-0.1, -0.05) is 47.1 Å². The molecule has 1 aromatic heterocycles. The summed E-state index contributed by atoms with van der Waals surface area (Å²) in [6.07, 6.45) is 0. The van der Waals surface area contributed by atoms with E-state index >= 15 is 0 Å². The van der Waals surface area contributed by atoms with Crippen LogP contribution in [0.25, 0.3) is 11.3 Å². The SMILES string of the molecule is O=C(Nc1ccc(Cl)cc1C(=O)O)c1cc(-c2ccccc2)on1. The highest BCUT2D eigenvalue weighted by atomic mass is 35.5. The van der Waals surface area contributed by atoms with Crippen molar-refractivity contribution in [3.8, 4) is 11.3 Å². The topological polar surface area (TPSA) is 92.4 Å². The van der Waals surface area contributed by atoms with Gasteiger partial charge in [0.1, 0.15) is 0 Å². The Bertz CT molecular complexity index is 906. The molecule has 0 unspecified atom stereocenters. The summed E-state index contributed by atoms with van der Waals surface area (Å²) in [6, 6.07) is 14.8. The summed E-state index contributed by atoms with van der Waals surface area (Å²) in [7, 11) is 0. The van der Waals surface area contributed by atoms with Crippen LogP contribution in [0, 0.1) is 0 Å². The van der Waals surface area contributed by atoms with Crippen molar-refractivity contribution in [3.05, 3.63) is 70.9 Å². The second kappa shape index (κ2) is 6.55. The largest absolute Gasteiger partial charge is 0.478 e. The van der Waals surface area contributed by atoms with Crippen LogP contribution in [0.3, 0.4) is 0 Å². The molecule has 0 radical (unpaired) electrons. The zero-order valence-electron chi connectivity index (χ0n) is 12.2. The molecule has 6 nitrogen and oxygen atoms in total. The lowest BCUT2D eigenvalue weighted by Gasteiger charge is -2.07. The highest BCUT2D eigenvalue weighted by molar-refractivity contribution is 6.31. The van der Waals surface area contributed by atoms with Gasteiger partial charge in [0.2, 0.25) is 0 Å². The molecule has 0 saturated heterocycles. The van der Waals surface area contributed by atoms with Gasteiger partial charge >= 0.3 is 5.97 Å². The number of halogens is 1. The summed E-state index contributed by atoms with van der Waals surface area (Å²) in [6.45, 7) is 0. The predicted molar refractivity (Wildman–Crippen MR) is 88.3 cm³/mol. The Labute approximate surface area is 141 Å². The Morgan fingerprint density at radius 3 is 2.54 bits per heavy atom. The van der Waals surface area contributed by atoms with E-state index in [9.17, 15) is 14.7 Å². The van der Waals surface area contributed by atoms with Crippen LogP contribution in [0.15, 0.2) is 59.1 Å². The average Bonchev–Trinajstić information content (AvgIpc) is 3.07. The molecular formula is C17H11ClN2O4. The predicted octanol–water partition coefficient (Wildman–Crippen LogP) is 3.95. The third kappa shape index (κ3) is 3.28. The average molecular weight is 343 g/mol. The Morgan fingerprint density at radius 2 is 1.83 bits per heavy atom. The second-order valence-electron chi connectivity index (χ2n) is 4.89. The molecule has 120 valence electrons. The van der Waals surface area contributed by atoms with Gasteiger partial charge in [-0.05, 0) is 18.2 Å². The first-order chi connectivity index (χ1) is 11.5. The molecule has 0 aliphatic carbocycles. The van der Waals surface area contributed by atoms with Gasteiger partial charge in [0.15, 0.2) is 11.5 Å². The highest BCUT2D eigenvalue weighted by Gasteiger charge is 2.17. The van der Waals surface area contributed by atoms with Gasteiger partial charge in [-0.15, -0.1) is 0 Å². The van der Waals surface area contributed by atoms with Crippen molar-refractivity contribution < 1.29 is 19.2 Å². The first kappa shape index (κ1) is 15.8. The third-order valence-corrected chi connectivity index (χ3v) is 3.50. The molecule has 2 aromatic carbocycles. The van der Waals surface area contributed by atoms with Gasteiger partial charge in [-0.2, -0.15) is 0 Å². The number of carbonyl (C=O) groups excluding carboxylic acids is 1. The molecule has 3 rings (SSSR count). The van der Waals surface area contributed by atoms with Crippen molar-refractivity contribution >= 4 is 29.2 Å². The normalized spacial score (nSPS) is 10.4. The summed E-state index contributed by atoms with van der Waals surface area (Å²) < 4.78 is 5.16. The van der Waals surface area contributed by atoms with Crippen LogP contribution in [0.1, 0.15) is 20.8 Å². The highest BCUT2D eigenvalue weighted by Crippen LogP contribution is 2.23. The molecule has 0 atom stereocenters. The van der Waals surface area contributed by atoms with Crippen LogP contribution in [0.4, 0.5) is 5.69 Å². The quantitative estimate of drug-likeness (QED) is 0.749. The fourth-order valence-electron chi connectivity index (χ4n) is 2.11. The molecular weight excluding hydrogens is 332 g/mol. The van der Waals surface area contributed by atoms with Crippen LogP contribution in [0.2, 0.25) is 5.02 Å². The van der Waals surface area contributed by atoms with Gasteiger partial charge in [0.25, 0.3) is 5.91 Å². The number of benzene rings is 2. The minimum atomic E-state index is -1.20.